The minimum atomic E-state index is 0.263. The molecule has 0 saturated heterocycles. The van der Waals surface area contributed by atoms with Crippen molar-refractivity contribution in [2.45, 2.75) is 64.5 Å². The van der Waals surface area contributed by atoms with Crippen molar-refractivity contribution in [2.75, 3.05) is 13.1 Å². The van der Waals surface area contributed by atoms with Crippen LogP contribution in [0, 0.1) is 0 Å². The highest BCUT2D eigenvalue weighted by atomic mass is 15.2. The number of nitrogens with zero attached hydrogens (tertiary/aromatic N) is 1. The summed E-state index contributed by atoms with van der Waals surface area (Å²) in [6.45, 7) is 7.49. The minimum Gasteiger partial charge on any atom is -0.329 e. The molecule has 0 bridgehead atoms. The summed E-state index contributed by atoms with van der Waals surface area (Å²) >= 11 is 0. The van der Waals surface area contributed by atoms with E-state index < -0.39 is 0 Å². The third-order valence-electron chi connectivity index (χ3n) is 4.88. The van der Waals surface area contributed by atoms with Crippen LogP contribution in [0.15, 0.2) is 24.3 Å². The van der Waals surface area contributed by atoms with Crippen LogP contribution >= 0.6 is 0 Å². The zero-order valence-electron chi connectivity index (χ0n) is 13.2. The Hall–Kier alpha value is -0.860. The standard InChI is InChI=1S/C18H30N2/c1-3-13-20(18(15-19)11-5-6-12-18)14-17-9-7-16(4-2)8-10-17/h7-10H,3-6,11-15,19H2,1-2H3. The van der Waals surface area contributed by atoms with Gasteiger partial charge in [-0.1, -0.05) is 51.0 Å². The van der Waals surface area contributed by atoms with E-state index in [2.05, 4.69) is 43.0 Å². The zero-order valence-corrected chi connectivity index (χ0v) is 13.2. The number of rotatable bonds is 7. The van der Waals surface area contributed by atoms with E-state index in [1.807, 2.05) is 0 Å². The van der Waals surface area contributed by atoms with E-state index in [0.717, 1.165) is 26.1 Å². The quantitative estimate of drug-likeness (QED) is 0.821. The van der Waals surface area contributed by atoms with Crippen molar-refractivity contribution in [1.82, 2.24) is 4.90 Å². The molecular weight excluding hydrogens is 244 g/mol. The summed E-state index contributed by atoms with van der Waals surface area (Å²) in [5, 5.41) is 0. The van der Waals surface area contributed by atoms with E-state index in [-0.39, 0.29) is 5.54 Å². The second-order valence-corrected chi connectivity index (χ2v) is 6.23. The van der Waals surface area contributed by atoms with Crippen molar-refractivity contribution >= 4 is 0 Å². The van der Waals surface area contributed by atoms with Gasteiger partial charge in [-0.15, -0.1) is 0 Å². The van der Waals surface area contributed by atoms with Gasteiger partial charge in [-0.3, -0.25) is 4.90 Å². The lowest BCUT2D eigenvalue weighted by molar-refractivity contribution is 0.0904. The molecule has 20 heavy (non-hydrogen) atoms. The van der Waals surface area contributed by atoms with Gasteiger partial charge >= 0.3 is 0 Å². The minimum absolute atomic E-state index is 0.263. The highest BCUT2D eigenvalue weighted by Gasteiger charge is 2.37. The van der Waals surface area contributed by atoms with E-state index >= 15 is 0 Å². The van der Waals surface area contributed by atoms with Gasteiger partial charge in [0.15, 0.2) is 0 Å². The third kappa shape index (κ3) is 3.42. The number of aryl methyl sites for hydroxylation is 1. The molecule has 1 aliphatic carbocycles. The van der Waals surface area contributed by atoms with E-state index in [1.165, 1.54) is 43.2 Å². The lowest BCUT2D eigenvalue weighted by Gasteiger charge is -2.41. The number of benzene rings is 1. The van der Waals surface area contributed by atoms with Gasteiger partial charge in [0, 0.05) is 18.6 Å². The maximum Gasteiger partial charge on any atom is 0.0335 e. The summed E-state index contributed by atoms with van der Waals surface area (Å²) in [6.07, 6.45) is 7.55. The molecule has 0 unspecified atom stereocenters. The van der Waals surface area contributed by atoms with Gasteiger partial charge in [-0.05, 0) is 43.4 Å². The summed E-state index contributed by atoms with van der Waals surface area (Å²) in [6, 6.07) is 9.12. The molecule has 2 nitrogen and oxygen atoms in total. The van der Waals surface area contributed by atoms with Crippen LogP contribution in [0.3, 0.4) is 0 Å². The smallest absolute Gasteiger partial charge is 0.0335 e. The van der Waals surface area contributed by atoms with Gasteiger partial charge in [0.25, 0.3) is 0 Å². The first kappa shape index (κ1) is 15.5. The number of hydrogen-bond acceptors (Lipinski definition) is 2. The Labute approximate surface area is 124 Å². The van der Waals surface area contributed by atoms with Gasteiger partial charge in [-0.25, -0.2) is 0 Å². The Morgan fingerprint density at radius 2 is 1.65 bits per heavy atom. The SMILES string of the molecule is CCCN(Cc1ccc(CC)cc1)C1(CN)CCCC1. The fraction of sp³-hybridized carbons (Fsp3) is 0.667. The molecule has 2 N–H and O–H groups in total. The Bertz CT molecular complexity index is 390. The van der Waals surface area contributed by atoms with Gasteiger partial charge in [0.05, 0.1) is 0 Å². The van der Waals surface area contributed by atoms with Gasteiger partial charge < -0.3 is 5.73 Å². The first-order valence-corrected chi connectivity index (χ1v) is 8.27. The average molecular weight is 274 g/mol. The van der Waals surface area contributed by atoms with Crippen LogP contribution in [0.2, 0.25) is 0 Å². The third-order valence-corrected chi connectivity index (χ3v) is 4.88. The van der Waals surface area contributed by atoms with Crippen molar-refractivity contribution < 1.29 is 0 Å². The van der Waals surface area contributed by atoms with Crippen LogP contribution in [0.25, 0.3) is 0 Å². The molecule has 1 saturated carbocycles. The molecule has 2 heteroatoms. The van der Waals surface area contributed by atoms with Crippen LogP contribution < -0.4 is 5.73 Å². The molecule has 0 heterocycles. The Balaban J connectivity index is 2.11. The van der Waals surface area contributed by atoms with Crippen LogP contribution in [0.5, 0.6) is 0 Å². The fourth-order valence-corrected chi connectivity index (χ4v) is 3.54. The van der Waals surface area contributed by atoms with E-state index in [9.17, 15) is 0 Å². The lowest BCUT2D eigenvalue weighted by Crippen LogP contribution is -2.51. The summed E-state index contributed by atoms with van der Waals surface area (Å²) in [5.41, 5.74) is 9.27. The van der Waals surface area contributed by atoms with Crippen molar-refractivity contribution in [3.63, 3.8) is 0 Å². The monoisotopic (exact) mass is 274 g/mol. The lowest BCUT2D eigenvalue weighted by atomic mass is 9.94. The summed E-state index contributed by atoms with van der Waals surface area (Å²) in [5.74, 6) is 0. The average Bonchev–Trinajstić information content (AvgIpc) is 2.98. The van der Waals surface area contributed by atoms with Crippen LogP contribution in [0.1, 0.15) is 57.1 Å². The molecule has 0 spiro atoms. The van der Waals surface area contributed by atoms with Gasteiger partial charge in [0.2, 0.25) is 0 Å². The zero-order chi connectivity index (χ0) is 14.4. The van der Waals surface area contributed by atoms with Crippen molar-refractivity contribution in [3.8, 4) is 0 Å². The second-order valence-electron chi connectivity index (χ2n) is 6.23. The van der Waals surface area contributed by atoms with Crippen LogP contribution in [-0.4, -0.2) is 23.5 Å². The Kier molecular flexibility index (Phi) is 5.62. The van der Waals surface area contributed by atoms with Crippen molar-refractivity contribution in [3.05, 3.63) is 35.4 Å². The predicted molar refractivity (Wildman–Crippen MR) is 86.8 cm³/mol. The summed E-state index contributed by atoms with van der Waals surface area (Å²) < 4.78 is 0. The number of hydrogen-bond donors (Lipinski definition) is 1. The molecule has 1 aliphatic rings. The maximum atomic E-state index is 6.16. The summed E-state index contributed by atoms with van der Waals surface area (Å²) in [7, 11) is 0. The predicted octanol–water partition coefficient (Wildman–Crippen LogP) is 3.73. The molecule has 0 aliphatic heterocycles. The highest BCUT2D eigenvalue weighted by Crippen LogP contribution is 2.35. The summed E-state index contributed by atoms with van der Waals surface area (Å²) in [4.78, 5) is 2.65. The molecular formula is C18H30N2. The van der Waals surface area contributed by atoms with Gasteiger partial charge in [0.1, 0.15) is 0 Å². The van der Waals surface area contributed by atoms with E-state index in [1.54, 1.807) is 0 Å². The molecule has 2 rings (SSSR count). The molecule has 1 aromatic carbocycles. The van der Waals surface area contributed by atoms with Crippen LogP contribution in [-0.2, 0) is 13.0 Å². The second kappa shape index (κ2) is 7.24. The highest BCUT2D eigenvalue weighted by molar-refractivity contribution is 5.22. The molecule has 0 amide bonds. The molecule has 1 fully saturated rings. The van der Waals surface area contributed by atoms with Crippen molar-refractivity contribution in [1.29, 1.82) is 0 Å². The van der Waals surface area contributed by atoms with Crippen LogP contribution in [0.4, 0.5) is 0 Å². The maximum absolute atomic E-state index is 6.16. The van der Waals surface area contributed by atoms with E-state index in [0.29, 0.717) is 0 Å². The molecule has 1 aromatic rings. The molecule has 0 aromatic heterocycles. The first-order valence-electron chi connectivity index (χ1n) is 8.27. The molecule has 0 atom stereocenters. The first-order chi connectivity index (χ1) is 9.74. The molecule has 0 radical (unpaired) electrons. The fourth-order valence-electron chi connectivity index (χ4n) is 3.54. The largest absolute Gasteiger partial charge is 0.329 e. The number of nitrogens with two attached hydrogens (primary N) is 1. The van der Waals surface area contributed by atoms with E-state index in [4.69, 9.17) is 5.73 Å². The van der Waals surface area contributed by atoms with Crippen molar-refractivity contribution in [2.24, 2.45) is 5.73 Å². The normalized spacial score (nSPS) is 17.8. The Morgan fingerprint density at radius 1 is 1.05 bits per heavy atom. The Morgan fingerprint density at radius 3 is 2.15 bits per heavy atom. The topological polar surface area (TPSA) is 29.3 Å². The van der Waals surface area contributed by atoms with Gasteiger partial charge in [-0.2, -0.15) is 0 Å². The molecule has 112 valence electrons.